The van der Waals surface area contributed by atoms with Crippen LogP contribution >= 0.6 is 0 Å². The Kier molecular flexibility index (Phi) is 4.33. The van der Waals surface area contributed by atoms with Gasteiger partial charge in [-0.15, -0.1) is 5.10 Å². The van der Waals surface area contributed by atoms with Crippen molar-refractivity contribution >= 4 is 22.8 Å². The highest BCUT2D eigenvalue weighted by molar-refractivity contribution is 5.89. The second-order valence-electron chi connectivity index (χ2n) is 5.77. The van der Waals surface area contributed by atoms with Crippen molar-refractivity contribution < 1.29 is 9.41 Å². The van der Waals surface area contributed by atoms with Crippen LogP contribution in [-0.4, -0.2) is 58.8 Å². The second kappa shape index (κ2) is 6.57. The molecule has 3 rings (SSSR count). The van der Waals surface area contributed by atoms with E-state index in [1.807, 2.05) is 86.4 Å². The number of nitrogens with one attached hydrogen (secondary N) is 1. The lowest BCUT2D eigenvalue weighted by Gasteiger charge is -2.12. The highest BCUT2D eigenvalue weighted by Gasteiger charge is 2.20. The molecule has 2 heterocycles. The molecule has 0 radical (unpaired) electrons. The smallest absolute Gasteiger partial charge is 0.361 e. The Labute approximate surface area is 140 Å². The molecule has 0 amide bonds. The highest BCUT2D eigenvalue weighted by Crippen LogP contribution is 2.22. The Balaban J connectivity index is 2.11. The van der Waals surface area contributed by atoms with Gasteiger partial charge in [-0.25, -0.2) is 9.48 Å². The average molecular weight is 325 g/mol. The molecule has 0 saturated carbocycles. The molecular formula is C17H21N6O+. The van der Waals surface area contributed by atoms with Crippen LogP contribution in [-0.2, 0) is 0 Å². The Morgan fingerprint density at radius 3 is 2.79 bits per heavy atom. The van der Waals surface area contributed by atoms with E-state index in [2.05, 4.69) is 15.6 Å². The molecule has 7 heteroatoms. The van der Waals surface area contributed by atoms with Crippen LogP contribution in [0.4, 0.5) is 0 Å². The fourth-order valence-corrected chi connectivity index (χ4v) is 2.49. The maximum Gasteiger partial charge on any atom is 0.471 e. The standard InChI is InChI=1S/C17H21N6O/c1-21(2)17(22(3)4)24-23-16-13(9-8-11-15(16)19-20-23)14-10-6-5-7-12-18-14/h5-12,18H,1-4H3/q+1. The molecule has 1 aromatic carbocycles. The average Bonchev–Trinajstić information content (AvgIpc) is 2.77. The SMILES string of the molecule is CN(C)C(On1nnc2cccc(C3=CC=CC=CN3)c21)=[N+](C)C. The van der Waals surface area contributed by atoms with Gasteiger partial charge in [-0.1, -0.05) is 29.1 Å². The summed E-state index contributed by atoms with van der Waals surface area (Å²) in [5, 5.41) is 11.6. The lowest BCUT2D eigenvalue weighted by molar-refractivity contribution is -0.480. The minimum atomic E-state index is 0.652. The molecular weight excluding hydrogens is 304 g/mol. The number of aromatic nitrogens is 3. The van der Waals surface area contributed by atoms with E-state index in [1.165, 1.54) is 4.85 Å². The maximum atomic E-state index is 5.97. The van der Waals surface area contributed by atoms with Crippen molar-refractivity contribution in [2.75, 3.05) is 28.2 Å². The third kappa shape index (κ3) is 3.01. The molecule has 0 bridgehead atoms. The van der Waals surface area contributed by atoms with Crippen LogP contribution in [0.1, 0.15) is 5.56 Å². The van der Waals surface area contributed by atoms with E-state index < -0.39 is 0 Å². The molecule has 0 spiro atoms. The highest BCUT2D eigenvalue weighted by atomic mass is 16.7. The van der Waals surface area contributed by atoms with Gasteiger partial charge in [-0.3, -0.25) is 4.84 Å². The zero-order chi connectivity index (χ0) is 17.1. The second-order valence-corrected chi connectivity index (χ2v) is 5.77. The summed E-state index contributed by atoms with van der Waals surface area (Å²) >= 11 is 0. The van der Waals surface area contributed by atoms with E-state index in [0.29, 0.717) is 6.02 Å². The number of hydrogen-bond acceptors (Lipinski definition) is 4. The number of nitrogens with zero attached hydrogens (tertiary/aromatic N) is 5. The Hall–Kier alpha value is -3.09. The van der Waals surface area contributed by atoms with E-state index in [-0.39, 0.29) is 0 Å². The van der Waals surface area contributed by atoms with Crippen molar-refractivity contribution in [1.29, 1.82) is 0 Å². The van der Waals surface area contributed by atoms with Gasteiger partial charge in [0.2, 0.25) is 0 Å². The first kappa shape index (κ1) is 15.8. The van der Waals surface area contributed by atoms with Crippen molar-refractivity contribution in [3.63, 3.8) is 0 Å². The van der Waals surface area contributed by atoms with E-state index >= 15 is 0 Å². The van der Waals surface area contributed by atoms with Gasteiger partial charge in [-0.2, -0.15) is 0 Å². The van der Waals surface area contributed by atoms with E-state index in [9.17, 15) is 0 Å². The Bertz CT molecular complexity index is 868. The quantitative estimate of drug-likeness (QED) is 0.508. The fraction of sp³-hybridized carbons (Fsp3) is 0.235. The molecule has 0 saturated heterocycles. The number of fused-ring (bicyclic) bond motifs is 1. The summed E-state index contributed by atoms with van der Waals surface area (Å²) in [6.45, 7) is 0. The van der Waals surface area contributed by atoms with Gasteiger partial charge in [0.25, 0.3) is 0 Å². The van der Waals surface area contributed by atoms with Gasteiger partial charge < -0.3 is 5.32 Å². The van der Waals surface area contributed by atoms with Crippen LogP contribution in [0, 0.1) is 0 Å². The molecule has 24 heavy (non-hydrogen) atoms. The van der Waals surface area contributed by atoms with Crippen LogP contribution < -0.4 is 10.2 Å². The van der Waals surface area contributed by atoms with E-state index in [4.69, 9.17) is 4.84 Å². The first-order valence-electron chi connectivity index (χ1n) is 7.62. The summed E-state index contributed by atoms with van der Waals surface area (Å²) in [5.74, 6) is 0. The monoisotopic (exact) mass is 325 g/mol. The Morgan fingerprint density at radius 2 is 2.04 bits per heavy atom. The number of hydrogen-bond donors (Lipinski definition) is 1. The van der Waals surface area contributed by atoms with Gasteiger partial charge in [0.15, 0.2) is 0 Å². The molecule has 1 N–H and O–H groups in total. The molecule has 1 aliphatic rings. The summed E-state index contributed by atoms with van der Waals surface area (Å²) in [6.07, 6.45) is 9.79. The molecule has 7 nitrogen and oxygen atoms in total. The molecule has 0 aliphatic carbocycles. The third-order valence-corrected chi connectivity index (χ3v) is 3.48. The molecule has 2 aromatic rings. The minimum Gasteiger partial charge on any atom is -0.361 e. The number of allylic oxidation sites excluding steroid dienone is 4. The maximum absolute atomic E-state index is 5.97. The molecule has 0 unspecified atom stereocenters. The zero-order valence-corrected chi connectivity index (χ0v) is 14.3. The third-order valence-electron chi connectivity index (χ3n) is 3.48. The first-order valence-corrected chi connectivity index (χ1v) is 7.62. The van der Waals surface area contributed by atoms with Crippen LogP contribution in [0.25, 0.3) is 16.7 Å². The number of para-hydroxylation sites is 1. The number of benzene rings is 1. The van der Waals surface area contributed by atoms with E-state index in [0.717, 1.165) is 22.3 Å². The van der Waals surface area contributed by atoms with Gasteiger partial charge in [0.1, 0.15) is 11.0 Å². The largest absolute Gasteiger partial charge is 0.471 e. The minimum absolute atomic E-state index is 0.652. The lowest BCUT2D eigenvalue weighted by atomic mass is 10.1. The van der Waals surface area contributed by atoms with Crippen LogP contribution in [0.3, 0.4) is 0 Å². The zero-order valence-electron chi connectivity index (χ0n) is 14.3. The van der Waals surface area contributed by atoms with Gasteiger partial charge >= 0.3 is 6.02 Å². The summed E-state index contributed by atoms with van der Waals surface area (Å²) in [6, 6.07) is 6.54. The molecule has 0 atom stereocenters. The van der Waals surface area contributed by atoms with Crippen LogP contribution in [0.15, 0.2) is 48.7 Å². The van der Waals surface area contributed by atoms with Crippen molar-refractivity contribution in [3.05, 3.63) is 54.3 Å². The molecule has 1 aromatic heterocycles. The Morgan fingerprint density at radius 1 is 1.21 bits per heavy atom. The summed E-state index contributed by atoms with van der Waals surface area (Å²) in [7, 11) is 7.67. The number of rotatable bonds is 2. The van der Waals surface area contributed by atoms with Crippen molar-refractivity contribution in [3.8, 4) is 0 Å². The molecule has 0 fully saturated rings. The fourth-order valence-electron chi connectivity index (χ4n) is 2.49. The molecule has 124 valence electrons. The predicted molar refractivity (Wildman–Crippen MR) is 94.3 cm³/mol. The molecule has 1 aliphatic heterocycles. The van der Waals surface area contributed by atoms with Crippen LogP contribution in [0.2, 0.25) is 0 Å². The van der Waals surface area contributed by atoms with Crippen molar-refractivity contribution in [1.82, 2.24) is 25.4 Å². The van der Waals surface area contributed by atoms with Crippen molar-refractivity contribution in [2.45, 2.75) is 0 Å². The number of amidine groups is 1. The van der Waals surface area contributed by atoms with Crippen LogP contribution in [0.5, 0.6) is 0 Å². The van der Waals surface area contributed by atoms with Gasteiger partial charge in [-0.05, 0) is 23.4 Å². The summed E-state index contributed by atoms with van der Waals surface area (Å²) < 4.78 is 1.88. The van der Waals surface area contributed by atoms with Gasteiger partial charge in [0.05, 0.1) is 28.2 Å². The first-order chi connectivity index (χ1) is 11.6. The normalized spacial score (nSPS) is 13.2. The summed E-state index contributed by atoms with van der Waals surface area (Å²) in [4.78, 5) is 9.31. The van der Waals surface area contributed by atoms with Crippen molar-refractivity contribution in [2.24, 2.45) is 0 Å². The topological polar surface area (TPSA) is 58.2 Å². The van der Waals surface area contributed by atoms with E-state index in [1.54, 1.807) is 0 Å². The summed E-state index contributed by atoms with van der Waals surface area (Å²) in [5.41, 5.74) is 3.49. The lowest BCUT2D eigenvalue weighted by Crippen LogP contribution is -2.39. The van der Waals surface area contributed by atoms with Gasteiger partial charge in [0, 0.05) is 17.5 Å². The predicted octanol–water partition coefficient (Wildman–Crippen LogP) is 1.06.